The fraction of sp³-hybridized carbons (Fsp3) is 0.619. The predicted molar refractivity (Wildman–Crippen MR) is 109 cm³/mol. The van der Waals surface area contributed by atoms with Gasteiger partial charge in [0.05, 0.1) is 6.61 Å². The summed E-state index contributed by atoms with van der Waals surface area (Å²) in [6, 6.07) is 0. The zero-order valence-electron chi connectivity index (χ0n) is 16.8. The maximum atomic E-state index is 11.6. The van der Waals surface area contributed by atoms with E-state index < -0.39 is 6.09 Å². The van der Waals surface area contributed by atoms with Crippen molar-refractivity contribution in [3.63, 3.8) is 0 Å². The van der Waals surface area contributed by atoms with E-state index in [1.54, 1.807) is 0 Å². The molecule has 0 saturated heterocycles. The molecule has 0 aromatic carbocycles. The van der Waals surface area contributed by atoms with Crippen LogP contribution in [-0.4, -0.2) is 43.3 Å². The predicted octanol–water partition coefficient (Wildman–Crippen LogP) is 3.24. The summed E-state index contributed by atoms with van der Waals surface area (Å²) in [5, 5.41) is 5.54. The summed E-state index contributed by atoms with van der Waals surface area (Å²) in [4.78, 5) is 45.1. The van der Waals surface area contributed by atoms with E-state index in [1.807, 2.05) is 0 Å². The Labute approximate surface area is 168 Å². The third kappa shape index (κ3) is 17.0. The number of carbonyl (C=O) groups is 4. The smallest absolute Gasteiger partial charge is 0.407 e. The van der Waals surface area contributed by atoms with Crippen LogP contribution in [0.1, 0.15) is 64.2 Å². The Kier molecular flexibility index (Phi) is 16.4. The number of unbranched alkanes of at least 4 members (excludes halogenated alkanes) is 4. The fourth-order valence-corrected chi connectivity index (χ4v) is 2.36. The summed E-state index contributed by atoms with van der Waals surface area (Å²) in [5.74, 6) is -0.0198. The van der Waals surface area contributed by atoms with Crippen LogP contribution in [0.3, 0.4) is 0 Å². The lowest BCUT2D eigenvalue weighted by Crippen LogP contribution is -2.26. The third-order valence-corrected chi connectivity index (χ3v) is 4.03. The first-order valence-corrected chi connectivity index (χ1v) is 9.97. The van der Waals surface area contributed by atoms with Crippen LogP contribution in [0.25, 0.3) is 0 Å². The molecular weight excluding hydrogens is 360 g/mol. The number of hydrogen-bond acceptors (Lipinski definition) is 5. The molecule has 7 nitrogen and oxygen atoms in total. The van der Waals surface area contributed by atoms with Crippen LogP contribution in [0.2, 0.25) is 0 Å². The number of rotatable bonds is 18. The first-order chi connectivity index (χ1) is 13.5. The molecule has 28 heavy (non-hydrogen) atoms. The van der Waals surface area contributed by atoms with Crippen molar-refractivity contribution in [3.8, 4) is 0 Å². The first-order valence-electron chi connectivity index (χ1n) is 9.97. The highest BCUT2D eigenvalue weighted by molar-refractivity contribution is 5.89. The van der Waals surface area contributed by atoms with Crippen molar-refractivity contribution in [3.05, 3.63) is 25.3 Å². The van der Waals surface area contributed by atoms with E-state index in [1.165, 1.54) is 12.2 Å². The van der Waals surface area contributed by atoms with Gasteiger partial charge in [-0.2, -0.15) is 0 Å². The number of nitrogens with one attached hydrogen (secondary N) is 2. The quantitative estimate of drug-likeness (QED) is 0.274. The molecule has 0 bridgehead atoms. The molecule has 0 aromatic rings. The van der Waals surface area contributed by atoms with Crippen LogP contribution in [0.15, 0.2) is 25.3 Å². The zero-order chi connectivity index (χ0) is 21.0. The van der Waals surface area contributed by atoms with E-state index in [4.69, 9.17) is 4.74 Å². The minimum absolute atomic E-state index is 0.0168. The van der Waals surface area contributed by atoms with Crippen molar-refractivity contribution in [2.24, 2.45) is 0 Å². The summed E-state index contributed by atoms with van der Waals surface area (Å²) in [5.41, 5.74) is 0. The fourth-order valence-electron chi connectivity index (χ4n) is 2.36. The second-order valence-electron chi connectivity index (χ2n) is 6.48. The molecule has 0 aromatic heterocycles. The van der Waals surface area contributed by atoms with Crippen LogP contribution in [-0.2, 0) is 19.1 Å². The Morgan fingerprint density at radius 3 is 1.82 bits per heavy atom. The lowest BCUT2D eigenvalue weighted by molar-refractivity contribution is -0.121. The summed E-state index contributed by atoms with van der Waals surface area (Å²) >= 11 is 0. The van der Waals surface area contributed by atoms with Crippen molar-refractivity contribution in [2.75, 3.05) is 19.7 Å². The van der Waals surface area contributed by atoms with Crippen LogP contribution < -0.4 is 10.6 Å². The standard InChI is InChI=1S/C21H34N2O5/c1-3-18(24)12-7-8-14-20(26)22-15-9-5-6-10-16-23-21(27)28-17-11-13-19(25)4-2/h3-4H,1-2,5-17H2,(H,22,26)(H,23,27). The molecule has 0 saturated carbocycles. The normalized spacial score (nSPS) is 10.0. The second-order valence-corrected chi connectivity index (χ2v) is 6.48. The van der Waals surface area contributed by atoms with Gasteiger partial charge in [-0.15, -0.1) is 0 Å². The summed E-state index contributed by atoms with van der Waals surface area (Å²) in [7, 11) is 0. The molecule has 2 amide bonds. The molecule has 0 rings (SSSR count). The molecule has 7 heteroatoms. The molecule has 0 aliphatic carbocycles. The van der Waals surface area contributed by atoms with Crippen LogP contribution in [0.5, 0.6) is 0 Å². The molecule has 158 valence electrons. The molecule has 0 spiro atoms. The number of ketones is 2. The van der Waals surface area contributed by atoms with Gasteiger partial charge >= 0.3 is 6.09 Å². The third-order valence-electron chi connectivity index (χ3n) is 4.03. The highest BCUT2D eigenvalue weighted by Gasteiger charge is 2.03. The number of allylic oxidation sites excluding steroid dienone is 2. The first kappa shape index (κ1) is 25.6. The van der Waals surface area contributed by atoms with Crippen LogP contribution in [0.4, 0.5) is 4.79 Å². The van der Waals surface area contributed by atoms with E-state index in [0.717, 1.165) is 25.7 Å². The van der Waals surface area contributed by atoms with Gasteiger partial charge in [0, 0.05) is 32.4 Å². The summed E-state index contributed by atoms with van der Waals surface area (Å²) in [6.07, 6.45) is 8.91. The lowest BCUT2D eigenvalue weighted by atomic mass is 10.1. The highest BCUT2D eigenvalue weighted by Crippen LogP contribution is 2.02. The number of ether oxygens (including phenoxy) is 1. The van der Waals surface area contributed by atoms with E-state index >= 15 is 0 Å². The molecule has 0 aliphatic rings. The SMILES string of the molecule is C=CC(=O)CCCCC(=O)NCCCCCCNC(=O)OCCCC(=O)C=C. The lowest BCUT2D eigenvalue weighted by Gasteiger charge is -2.07. The van der Waals surface area contributed by atoms with Gasteiger partial charge in [-0.25, -0.2) is 4.79 Å². The molecule has 0 fully saturated rings. The van der Waals surface area contributed by atoms with Crippen molar-refractivity contribution in [1.29, 1.82) is 0 Å². The minimum Gasteiger partial charge on any atom is -0.450 e. The average molecular weight is 395 g/mol. The topological polar surface area (TPSA) is 102 Å². The number of amides is 2. The van der Waals surface area contributed by atoms with Gasteiger partial charge < -0.3 is 15.4 Å². The van der Waals surface area contributed by atoms with Crippen LogP contribution in [0, 0.1) is 0 Å². The van der Waals surface area contributed by atoms with E-state index in [-0.39, 0.29) is 24.1 Å². The van der Waals surface area contributed by atoms with Gasteiger partial charge in [-0.05, 0) is 44.3 Å². The Morgan fingerprint density at radius 1 is 0.679 bits per heavy atom. The Morgan fingerprint density at radius 2 is 1.21 bits per heavy atom. The average Bonchev–Trinajstić information content (AvgIpc) is 2.69. The van der Waals surface area contributed by atoms with Crippen molar-refractivity contribution in [1.82, 2.24) is 10.6 Å². The second kappa shape index (κ2) is 17.9. The maximum absolute atomic E-state index is 11.6. The minimum atomic E-state index is -0.465. The van der Waals surface area contributed by atoms with E-state index in [9.17, 15) is 19.2 Å². The number of hydrogen-bond donors (Lipinski definition) is 2. The van der Waals surface area contributed by atoms with Gasteiger partial charge in [0.25, 0.3) is 0 Å². The van der Waals surface area contributed by atoms with Crippen molar-refractivity contribution < 1.29 is 23.9 Å². The largest absolute Gasteiger partial charge is 0.450 e. The Hall–Kier alpha value is -2.44. The monoisotopic (exact) mass is 394 g/mol. The maximum Gasteiger partial charge on any atom is 0.407 e. The summed E-state index contributed by atoms with van der Waals surface area (Å²) < 4.78 is 4.96. The Balaban J connectivity index is 3.38. The Bertz CT molecular complexity index is 471. The molecule has 0 aliphatic heterocycles. The summed E-state index contributed by atoms with van der Waals surface area (Å²) in [6.45, 7) is 8.20. The van der Waals surface area contributed by atoms with Gasteiger partial charge in [0.2, 0.25) is 5.91 Å². The van der Waals surface area contributed by atoms with Crippen molar-refractivity contribution >= 4 is 23.6 Å². The van der Waals surface area contributed by atoms with E-state index in [0.29, 0.717) is 51.6 Å². The van der Waals surface area contributed by atoms with Crippen molar-refractivity contribution in [2.45, 2.75) is 64.2 Å². The van der Waals surface area contributed by atoms with Gasteiger partial charge in [0.1, 0.15) is 0 Å². The van der Waals surface area contributed by atoms with Gasteiger partial charge in [-0.3, -0.25) is 14.4 Å². The van der Waals surface area contributed by atoms with Gasteiger partial charge in [-0.1, -0.05) is 26.0 Å². The van der Waals surface area contributed by atoms with Crippen LogP contribution >= 0.6 is 0 Å². The van der Waals surface area contributed by atoms with E-state index in [2.05, 4.69) is 23.8 Å². The highest BCUT2D eigenvalue weighted by atomic mass is 16.5. The molecule has 0 atom stereocenters. The molecular formula is C21H34N2O5. The molecule has 0 unspecified atom stereocenters. The number of alkyl carbamates (subject to hydrolysis) is 1. The molecule has 0 radical (unpaired) electrons. The molecule has 0 heterocycles. The zero-order valence-corrected chi connectivity index (χ0v) is 16.8. The van der Waals surface area contributed by atoms with Gasteiger partial charge in [0.15, 0.2) is 11.6 Å². The molecule has 2 N–H and O–H groups in total. The number of carbonyl (C=O) groups excluding carboxylic acids is 4.